The van der Waals surface area contributed by atoms with Gasteiger partial charge in [-0.15, -0.1) is 0 Å². The highest BCUT2D eigenvalue weighted by molar-refractivity contribution is 7.47. The maximum atomic E-state index is 6.47. The van der Waals surface area contributed by atoms with Crippen LogP contribution in [-0.2, 0) is 4.52 Å². The van der Waals surface area contributed by atoms with Gasteiger partial charge in [0.05, 0.1) is 6.61 Å². The average molecular weight is 333 g/mol. The standard InChI is InChI=1S/C18H41N2OP/c1-10-11-12-13-14-21-22(19(15(2)3)16(4)5)20(17(6)7)18(8)9/h15-18H,10-14H2,1-9H3. The molecule has 4 heteroatoms. The molecule has 0 heterocycles. The third kappa shape index (κ3) is 7.73. The zero-order valence-electron chi connectivity index (χ0n) is 16.6. The van der Waals surface area contributed by atoms with Gasteiger partial charge in [0.15, 0.2) is 8.45 Å². The largest absolute Gasteiger partial charge is 0.331 e. The third-order valence-electron chi connectivity index (χ3n) is 3.72. The van der Waals surface area contributed by atoms with E-state index in [0.717, 1.165) is 6.61 Å². The molecule has 0 N–H and O–H groups in total. The Labute approximate surface area is 141 Å². The Morgan fingerprint density at radius 1 is 0.682 bits per heavy atom. The van der Waals surface area contributed by atoms with Gasteiger partial charge >= 0.3 is 0 Å². The van der Waals surface area contributed by atoms with Crippen LogP contribution in [0.2, 0.25) is 0 Å². The molecular weight excluding hydrogens is 291 g/mol. The molecule has 0 saturated carbocycles. The molecule has 0 spiro atoms. The summed E-state index contributed by atoms with van der Waals surface area (Å²) in [5.74, 6) is 0. The Bertz CT molecular complexity index is 234. The molecule has 0 aliphatic heterocycles. The lowest BCUT2D eigenvalue weighted by molar-refractivity contribution is 0.184. The number of nitrogens with zero attached hydrogens (tertiary/aromatic N) is 2. The first-order valence-corrected chi connectivity index (χ1v) is 10.4. The van der Waals surface area contributed by atoms with Crippen LogP contribution in [0.15, 0.2) is 0 Å². The van der Waals surface area contributed by atoms with Gasteiger partial charge in [0.25, 0.3) is 0 Å². The van der Waals surface area contributed by atoms with Crippen molar-refractivity contribution in [3.63, 3.8) is 0 Å². The van der Waals surface area contributed by atoms with Gasteiger partial charge in [-0.1, -0.05) is 26.2 Å². The van der Waals surface area contributed by atoms with Crippen molar-refractivity contribution >= 4 is 8.45 Å². The third-order valence-corrected chi connectivity index (χ3v) is 6.77. The highest BCUT2D eigenvalue weighted by Crippen LogP contribution is 2.50. The van der Waals surface area contributed by atoms with Crippen molar-refractivity contribution in [1.29, 1.82) is 0 Å². The number of hydrogen-bond acceptors (Lipinski definition) is 3. The van der Waals surface area contributed by atoms with Gasteiger partial charge in [0, 0.05) is 24.2 Å². The van der Waals surface area contributed by atoms with E-state index < -0.39 is 8.45 Å². The predicted octanol–water partition coefficient (Wildman–Crippen LogP) is 6.05. The maximum Gasteiger partial charge on any atom is 0.188 e. The van der Waals surface area contributed by atoms with Gasteiger partial charge < -0.3 is 4.52 Å². The van der Waals surface area contributed by atoms with Gasteiger partial charge in [0.1, 0.15) is 0 Å². The summed E-state index contributed by atoms with van der Waals surface area (Å²) in [6.07, 6.45) is 5.06. The van der Waals surface area contributed by atoms with Crippen LogP contribution in [0.4, 0.5) is 0 Å². The fourth-order valence-electron chi connectivity index (χ4n) is 2.91. The monoisotopic (exact) mass is 332 g/mol. The SMILES string of the molecule is CCCCCCOP(N(C(C)C)C(C)C)N(C(C)C)C(C)C. The summed E-state index contributed by atoms with van der Waals surface area (Å²) < 4.78 is 11.6. The molecule has 134 valence electrons. The number of unbranched alkanes of at least 4 members (excludes halogenated alkanes) is 3. The first-order valence-electron chi connectivity index (χ1n) is 9.23. The van der Waals surface area contributed by atoms with E-state index in [9.17, 15) is 0 Å². The highest BCUT2D eigenvalue weighted by atomic mass is 31.2. The van der Waals surface area contributed by atoms with Crippen molar-refractivity contribution in [2.45, 2.75) is 112 Å². The molecule has 0 radical (unpaired) electrons. The number of hydrogen-bond donors (Lipinski definition) is 0. The van der Waals surface area contributed by atoms with Crippen molar-refractivity contribution < 1.29 is 4.52 Å². The Kier molecular flexibility index (Phi) is 12.0. The lowest BCUT2D eigenvalue weighted by Gasteiger charge is -2.45. The second-order valence-electron chi connectivity index (χ2n) is 7.28. The molecule has 22 heavy (non-hydrogen) atoms. The summed E-state index contributed by atoms with van der Waals surface area (Å²) in [6.45, 7) is 21.4. The number of rotatable bonds is 12. The summed E-state index contributed by atoms with van der Waals surface area (Å²) in [5.41, 5.74) is 0. The maximum absolute atomic E-state index is 6.47. The molecule has 0 unspecified atom stereocenters. The minimum atomic E-state index is -0.700. The molecule has 0 atom stereocenters. The zero-order valence-corrected chi connectivity index (χ0v) is 17.5. The molecule has 0 aromatic heterocycles. The molecule has 3 nitrogen and oxygen atoms in total. The first-order chi connectivity index (χ1) is 10.2. The van der Waals surface area contributed by atoms with Crippen LogP contribution in [-0.4, -0.2) is 40.1 Å². The topological polar surface area (TPSA) is 15.7 Å². The van der Waals surface area contributed by atoms with E-state index >= 15 is 0 Å². The summed E-state index contributed by atoms with van der Waals surface area (Å²) in [4.78, 5) is 0. The van der Waals surface area contributed by atoms with Crippen molar-refractivity contribution in [2.75, 3.05) is 6.61 Å². The molecular formula is C18H41N2OP. The Balaban J connectivity index is 5.02. The van der Waals surface area contributed by atoms with Crippen LogP contribution in [0.5, 0.6) is 0 Å². The lowest BCUT2D eigenvalue weighted by Crippen LogP contribution is -2.43. The molecule has 0 aliphatic rings. The molecule has 0 rings (SSSR count). The van der Waals surface area contributed by atoms with E-state index in [0.29, 0.717) is 24.2 Å². The molecule has 0 saturated heterocycles. The summed E-state index contributed by atoms with van der Waals surface area (Å²) in [5, 5.41) is 0. The van der Waals surface area contributed by atoms with Crippen molar-refractivity contribution in [3.8, 4) is 0 Å². The quantitative estimate of drug-likeness (QED) is 0.320. The van der Waals surface area contributed by atoms with Gasteiger partial charge in [-0.2, -0.15) is 0 Å². The van der Waals surface area contributed by atoms with E-state index in [2.05, 4.69) is 71.7 Å². The van der Waals surface area contributed by atoms with Crippen LogP contribution in [0.1, 0.15) is 88.0 Å². The normalized spacial score (nSPS) is 13.1. The van der Waals surface area contributed by atoms with Crippen molar-refractivity contribution in [1.82, 2.24) is 9.34 Å². The fourth-order valence-corrected chi connectivity index (χ4v) is 5.29. The van der Waals surface area contributed by atoms with Gasteiger partial charge in [-0.25, -0.2) is 9.34 Å². The Morgan fingerprint density at radius 3 is 1.41 bits per heavy atom. The van der Waals surface area contributed by atoms with Crippen molar-refractivity contribution in [2.24, 2.45) is 0 Å². The summed E-state index contributed by atoms with van der Waals surface area (Å²) >= 11 is 0. The first kappa shape index (κ1) is 22.3. The Hall–Kier alpha value is 0.310. The van der Waals surface area contributed by atoms with E-state index in [-0.39, 0.29) is 0 Å². The van der Waals surface area contributed by atoms with E-state index in [1.54, 1.807) is 0 Å². The van der Waals surface area contributed by atoms with Crippen LogP contribution in [0.3, 0.4) is 0 Å². The van der Waals surface area contributed by atoms with E-state index in [1.165, 1.54) is 25.7 Å². The highest BCUT2D eigenvalue weighted by Gasteiger charge is 2.34. The zero-order chi connectivity index (χ0) is 17.3. The van der Waals surface area contributed by atoms with Gasteiger partial charge in [-0.3, -0.25) is 0 Å². The van der Waals surface area contributed by atoms with Gasteiger partial charge in [-0.05, 0) is 61.8 Å². The van der Waals surface area contributed by atoms with Crippen LogP contribution >= 0.6 is 8.45 Å². The smallest absolute Gasteiger partial charge is 0.188 e. The molecule has 0 aromatic rings. The summed E-state index contributed by atoms with van der Waals surface area (Å²) in [7, 11) is -0.700. The van der Waals surface area contributed by atoms with Crippen molar-refractivity contribution in [3.05, 3.63) is 0 Å². The molecule has 0 aliphatic carbocycles. The van der Waals surface area contributed by atoms with Crippen LogP contribution < -0.4 is 0 Å². The average Bonchev–Trinajstić information content (AvgIpc) is 2.36. The second-order valence-corrected chi connectivity index (χ2v) is 8.97. The molecule has 0 amide bonds. The molecule has 0 bridgehead atoms. The van der Waals surface area contributed by atoms with Crippen LogP contribution in [0.25, 0.3) is 0 Å². The minimum absolute atomic E-state index is 0.502. The fraction of sp³-hybridized carbons (Fsp3) is 1.00. The van der Waals surface area contributed by atoms with Crippen LogP contribution in [0, 0.1) is 0 Å². The summed E-state index contributed by atoms with van der Waals surface area (Å²) in [6, 6.07) is 2.01. The predicted molar refractivity (Wildman–Crippen MR) is 101 cm³/mol. The van der Waals surface area contributed by atoms with E-state index in [1.807, 2.05) is 0 Å². The molecule has 0 aromatic carbocycles. The van der Waals surface area contributed by atoms with E-state index in [4.69, 9.17) is 4.52 Å². The van der Waals surface area contributed by atoms with Gasteiger partial charge in [0.2, 0.25) is 0 Å². The Morgan fingerprint density at radius 2 is 1.09 bits per heavy atom. The lowest BCUT2D eigenvalue weighted by atomic mass is 10.2. The molecule has 0 fully saturated rings. The minimum Gasteiger partial charge on any atom is -0.331 e. The second kappa shape index (κ2) is 11.8.